The second-order valence-electron chi connectivity index (χ2n) is 7.48. The van der Waals surface area contributed by atoms with E-state index >= 15 is 0 Å². The first-order valence-electron chi connectivity index (χ1n) is 10.00. The number of amides is 1. The quantitative estimate of drug-likeness (QED) is 0.677. The lowest BCUT2D eigenvalue weighted by Crippen LogP contribution is -2.37. The highest BCUT2D eigenvalue weighted by atomic mass is 32.2. The molecule has 2 unspecified atom stereocenters. The monoisotopic (exact) mass is 444 g/mol. The van der Waals surface area contributed by atoms with Crippen LogP contribution in [0.2, 0.25) is 0 Å². The van der Waals surface area contributed by atoms with Gasteiger partial charge in [-0.25, -0.2) is 8.42 Å². The molecule has 2 aromatic carbocycles. The Hall–Kier alpha value is -2.32. The number of ether oxygens (including phenoxy) is 1. The van der Waals surface area contributed by atoms with E-state index in [9.17, 15) is 13.2 Å². The molecule has 0 bridgehead atoms. The molecule has 2 atom stereocenters. The van der Waals surface area contributed by atoms with E-state index in [2.05, 4.69) is 4.99 Å². The highest BCUT2D eigenvalue weighted by Gasteiger charge is 2.49. The molecule has 6 nitrogen and oxygen atoms in total. The molecule has 0 radical (unpaired) electrons. The van der Waals surface area contributed by atoms with E-state index in [0.717, 1.165) is 23.4 Å². The maximum absolute atomic E-state index is 12.2. The fourth-order valence-electron chi connectivity index (χ4n) is 3.69. The number of nitrogens with zero attached hydrogens (tertiary/aromatic N) is 2. The summed E-state index contributed by atoms with van der Waals surface area (Å²) in [6.07, 6.45) is 1.12. The van der Waals surface area contributed by atoms with Gasteiger partial charge in [0.15, 0.2) is 15.0 Å². The van der Waals surface area contributed by atoms with Crippen LogP contribution in [0, 0.1) is 0 Å². The topological polar surface area (TPSA) is 76.0 Å². The van der Waals surface area contributed by atoms with Crippen molar-refractivity contribution in [1.82, 2.24) is 0 Å². The third-order valence-electron chi connectivity index (χ3n) is 5.11. The van der Waals surface area contributed by atoms with E-state index in [4.69, 9.17) is 4.74 Å². The number of benzene rings is 2. The normalized spacial score (nSPS) is 23.5. The molecule has 8 heteroatoms. The molecule has 0 spiro atoms. The van der Waals surface area contributed by atoms with Crippen molar-refractivity contribution >= 4 is 38.4 Å². The first-order chi connectivity index (χ1) is 14.4. The zero-order valence-corrected chi connectivity index (χ0v) is 18.4. The van der Waals surface area contributed by atoms with Crippen LogP contribution in [0.15, 0.2) is 59.6 Å². The second kappa shape index (κ2) is 8.81. The minimum atomic E-state index is -3.08. The Balaban J connectivity index is 1.54. The molecule has 30 heavy (non-hydrogen) atoms. The highest BCUT2D eigenvalue weighted by molar-refractivity contribution is 8.16. The highest BCUT2D eigenvalue weighted by Crippen LogP contribution is 2.41. The fraction of sp³-hybridized carbons (Fsp3) is 0.364. The Kier molecular flexibility index (Phi) is 6.15. The summed E-state index contributed by atoms with van der Waals surface area (Å²) in [6.45, 7) is 2.41. The molecule has 1 amide bonds. The van der Waals surface area contributed by atoms with Crippen LogP contribution >= 0.6 is 11.8 Å². The lowest BCUT2D eigenvalue weighted by molar-refractivity contribution is -0.117. The van der Waals surface area contributed by atoms with Gasteiger partial charge in [-0.3, -0.25) is 4.79 Å². The molecule has 158 valence electrons. The minimum Gasteiger partial charge on any atom is -0.489 e. The van der Waals surface area contributed by atoms with Crippen LogP contribution in [-0.4, -0.2) is 42.3 Å². The van der Waals surface area contributed by atoms with Crippen LogP contribution in [-0.2, 0) is 21.2 Å². The molecule has 0 saturated carbocycles. The molecule has 2 heterocycles. The third-order valence-corrected chi connectivity index (χ3v) is 8.32. The van der Waals surface area contributed by atoms with E-state index in [1.807, 2.05) is 66.4 Å². The minimum absolute atomic E-state index is 0.0813. The number of thioether (sulfide) groups is 1. The number of aliphatic imine (C=N–C) groups is 1. The first kappa shape index (κ1) is 20.9. The lowest BCUT2D eigenvalue weighted by atomic mass is 10.2. The van der Waals surface area contributed by atoms with Crippen LogP contribution in [0.5, 0.6) is 5.75 Å². The van der Waals surface area contributed by atoms with E-state index in [1.165, 1.54) is 11.8 Å². The van der Waals surface area contributed by atoms with Gasteiger partial charge in [0.25, 0.3) is 0 Å². The molecule has 0 N–H and O–H groups in total. The van der Waals surface area contributed by atoms with Crippen molar-refractivity contribution in [1.29, 1.82) is 0 Å². The molecular formula is C22H24N2O4S2. The van der Waals surface area contributed by atoms with Crippen molar-refractivity contribution in [2.75, 3.05) is 16.4 Å². The van der Waals surface area contributed by atoms with Crippen molar-refractivity contribution in [3.8, 4) is 5.75 Å². The number of amidine groups is 1. The molecule has 2 aliphatic heterocycles. The second-order valence-corrected chi connectivity index (χ2v) is 10.8. The fourth-order valence-corrected chi connectivity index (χ4v) is 7.62. The lowest BCUT2D eigenvalue weighted by Gasteiger charge is -2.24. The molecular weight excluding hydrogens is 420 g/mol. The molecule has 4 rings (SSSR count). The number of fused-ring (bicyclic) bond motifs is 1. The zero-order chi connectivity index (χ0) is 21.1. The summed E-state index contributed by atoms with van der Waals surface area (Å²) >= 11 is 1.40. The van der Waals surface area contributed by atoms with Crippen LogP contribution in [0.25, 0.3) is 0 Å². The number of anilines is 1. The van der Waals surface area contributed by atoms with Crippen LogP contribution < -0.4 is 9.64 Å². The van der Waals surface area contributed by atoms with Crippen molar-refractivity contribution < 1.29 is 17.9 Å². The van der Waals surface area contributed by atoms with Crippen LogP contribution in [0.1, 0.15) is 25.3 Å². The van der Waals surface area contributed by atoms with Gasteiger partial charge in [-0.1, -0.05) is 49.0 Å². The van der Waals surface area contributed by atoms with Gasteiger partial charge < -0.3 is 9.64 Å². The van der Waals surface area contributed by atoms with Gasteiger partial charge in [-0.15, -0.1) is 0 Å². The molecule has 2 fully saturated rings. The molecule has 2 aliphatic rings. The summed E-state index contributed by atoms with van der Waals surface area (Å²) in [5.74, 6) is 0.761. The van der Waals surface area contributed by atoms with Gasteiger partial charge in [0.2, 0.25) is 5.91 Å². The van der Waals surface area contributed by atoms with Crippen LogP contribution in [0.4, 0.5) is 5.69 Å². The summed E-state index contributed by atoms with van der Waals surface area (Å²) in [5.41, 5.74) is 1.91. The average molecular weight is 445 g/mol. The van der Waals surface area contributed by atoms with Gasteiger partial charge in [-0.2, -0.15) is 4.99 Å². The Morgan fingerprint density at radius 3 is 2.57 bits per heavy atom. The van der Waals surface area contributed by atoms with Crippen molar-refractivity contribution in [2.24, 2.45) is 4.99 Å². The van der Waals surface area contributed by atoms with E-state index in [-0.39, 0.29) is 28.7 Å². The summed E-state index contributed by atoms with van der Waals surface area (Å²) in [7, 11) is -3.08. The Labute approximate surface area is 181 Å². The van der Waals surface area contributed by atoms with Crippen molar-refractivity contribution in [3.05, 3.63) is 60.2 Å². The number of hydrogen-bond acceptors (Lipinski definition) is 5. The summed E-state index contributed by atoms with van der Waals surface area (Å²) < 4.78 is 30.2. The number of rotatable bonds is 6. The summed E-state index contributed by atoms with van der Waals surface area (Å²) in [5, 5.41) is 0.494. The van der Waals surface area contributed by atoms with Gasteiger partial charge >= 0.3 is 0 Å². The largest absolute Gasteiger partial charge is 0.489 e. The smallest absolute Gasteiger partial charge is 0.248 e. The Bertz CT molecular complexity index is 1040. The molecule has 0 aliphatic carbocycles. The summed E-state index contributed by atoms with van der Waals surface area (Å²) in [6, 6.07) is 17.2. The standard InChI is InChI=1S/C22H24N2O4S2/c1-2-6-21(25)23-22-24(19-14-30(26,27)15-20(19)29-22)17-9-11-18(12-10-17)28-13-16-7-4-3-5-8-16/h3-5,7-12,19-20H,2,6,13-15H2,1H3. The van der Waals surface area contributed by atoms with Gasteiger partial charge in [-0.05, 0) is 36.2 Å². The number of carbonyl (C=O) groups excluding carboxylic acids is 1. The van der Waals surface area contributed by atoms with Gasteiger partial charge in [0.1, 0.15) is 12.4 Å². The molecule has 2 aromatic rings. The van der Waals surface area contributed by atoms with Crippen molar-refractivity contribution in [3.63, 3.8) is 0 Å². The van der Waals surface area contributed by atoms with E-state index in [1.54, 1.807) is 0 Å². The molecule has 2 saturated heterocycles. The third kappa shape index (κ3) is 4.70. The van der Waals surface area contributed by atoms with Gasteiger partial charge in [0, 0.05) is 17.4 Å². The average Bonchev–Trinajstić information content (AvgIpc) is 3.18. The maximum atomic E-state index is 12.2. The predicted molar refractivity (Wildman–Crippen MR) is 121 cm³/mol. The van der Waals surface area contributed by atoms with Gasteiger partial charge in [0.05, 0.1) is 17.5 Å². The Morgan fingerprint density at radius 2 is 1.87 bits per heavy atom. The first-order valence-corrected chi connectivity index (χ1v) is 12.7. The van der Waals surface area contributed by atoms with Crippen molar-refractivity contribution in [2.45, 2.75) is 37.7 Å². The SMILES string of the molecule is CCCC(=O)N=C1SC2CS(=O)(=O)CC2N1c1ccc(OCc2ccccc2)cc1. The predicted octanol–water partition coefficient (Wildman–Crippen LogP) is 3.67. The number of sulfone groups is 1. The maximum Gasteiger partial charge on any atom is 0.248 e. The van der Waals surface area contributed by atoms with E-state index < -0.39 is 9.84 Å². The zero-order valence-electron chi connectivity index (χ0n) is 16.7. The van der Waals surface area contributed by atoms with Crippen LogP contribution in [0.3, 0.4) is 0 Å². The summed E-state index contributed by atoms with van der Waals surface area (Å²) in [4.78, 5) is 18.3. The molecule has 0 aromatic heterocycles. The number of carbonyl (C=O) groups is 1. The number of hydrogen-bond donors (Lipinski definition) is 0. The van der Waals surface area contributed by atoms with E-state index in [0.29, 0.717) is 18.2 Å². The Morgan fingerprint density at radius 1 is 1.13 bits per heavy atom.